The van der Waals surface area contributed by atoms with Gasteiger partial charge in [-0.2, -0.15) is 0 Å². The molecule has 0 saturated carbocycles. The van der Waals surface area contributed by atoms with Gasteiger partial charge in [0.05, 0.1) is 0 Å². The van der Waals surface area contributed by atoms with Gasteiger partial charge in [0.2, 0.25) is 0 Å². The zero-order chi connectivity index (χ0) is 22.5. The predicted molar refractivity (Wildman–Crippen MR) is 126 cm³/mol. The molecule has 0 amide bonds. The highest BCUT2D eigenvalue weighted by molar-refractivity contribution is 5.69. The highest BCUT2D eigenvalue weighted by Crippen LogP contribution is 2.15. The largest absolute Gasteiger partial charge is 0.462 e. The first-order valence-corrected chi connectivity index (χ1v) is 13.0. The standard InChI is InChI=1S/C26H50O4/c1-5-9-19-23(17-7-3)29-25(27)21-15-13-11-12-14-16-22-26(28)30-24(18-8-4)20-10-6-2/h23-24H,5-22H2,1-4H3. The molecule has 0 aliphatic carbocycles. The summed E-state index contributed by atoms with van der Waals surface area (Å²) in [5, 5.41) is 0. The van der Waals surface area contributed by atoms with Gasteiger partial charge in [-0.1, -0.05) is 91.9 Å². The molecule has 0 heterocycles. The van der Waals surface area contributed by atoms with Crippen molar-refractivity contribution in [2.45, 2.75) is 155 Å². The summed E-state index contributed by atoms with van der Waals surface area (Å²) >= 11 is 0. The molecule has 0 aromatic carbocycles. The summed E-state index contributed by atoms with van der Waals surface area (Å²) < 4.78 is 11.3. The third-order valence-corrected chi connectivity index (χ3v) is 5.59. The van der Waals surface area contributed by atoms with Crippen molar-refractivity contribution in [3.63, 3.8) is 0 Å². The Morgan fingerprint density at radius 3 is 1.20 bits per heavy atom. The van der Waals surface area contributed by atoms with Gasteiger partial charge in [-0.3, -0.25) is 9.59 Å². The molecule has 0 bridgehead atoms. The molecule has 2 unspecified atom stereocenters. The molecule has 4 heteroatoms. The minimum atomic E-state index is -0.0306. The van der Waals surface area contributed by atoms with Crippen molar-refractivity contribution in [1.82, 2.24) is 0 Å². The second-order valence-corrected chi connectivity index (χ2v) is 8.71. The lowest BCUT2D eigenvalue weighted by molar-refractivity contribution is -0.151. The molecule has 178 valence electrons. The van der Waals surface area contributed by atoms with Gasteiger partial charge >= 0.3 is 11.9 Å². The van der Waals surface area contributed by atoms with Gasteiger partial charge < -0.3 is 9.47 Å². The highest BCUT2D eigenvalue weighted by atomic mass is 16.5. The summed E-state index contributed by atoms with van der Waals surface area (Å²) in [6.45, 7) is 8.63. The van der Waals surface area contributed by atoms with Gasteiger partial charge in [0.15, 0.2) is 0 Å². The third kappa shape index (κ3) is 17.8. The summed E-state index contributed by atoms with van der Waals surface area (Å²) in [7, 11) is 0. The van der Waals surface area contributed by atoms with Crippen LogP contribution in [-0.2, 0) is 19.1 Å². The summed E-state index contributed by atoms with van der Waals surface area (Å²) in [5.41, 5.74) is 0. The van der Waals surface area contributed by atoms with Crippen LogP contribution in [0.25, 0.3) is 0 Å². The molecule has 0 saturated heterocycles. The van der Waals surface area contributed by atoms with E-state index >= 15 is 0 Å². The highest BCUT2D eigenvalue weighted by Gasteiger charge is 2.14. The van der Waals surface area contributed by atoms with Gasteiger partial charge in [-0.15, -0.1) is 0 Å². The van der Waals surface area contributed by atoms with E-state index in [-0.39, 0.29) is 24.1 Å². The molecule has 30 heavy (non-hydrogen) atoms. The Balaban J connectivity index is 3.72. The monoisotopic (exact) mass is 426 g/mol. The fraction of sp³-hybridized carbons (Fsp3) is 0.923. The molecule has 0 aliphatic rings. The van der Waals surface area contributed by atoms with Gasteiger partial charge in [-0.25, -0.2) is 0 Å². The second kappa shape index (κ2) is 21.2. The van der Waals surface area contributed by atoms with E-state index in [4.69, 9.17) is 9.47 Å². The molecule has 0 aromatic rings. The molecule has 0 rings (SSSR count). The van der Waals surface area contributed by atoms with Crippen molar-refractivity contribution in [2.24, 2.45) is 0 Å². The van der Waals surface area contributed by atoms with Crippen LogP contribution in [0.5, 0.6) is 0 Å². The molecule has 2 atom stereocenters. The fourth-order valence-corrected chi connectivity index (χ4v) is 3.77. The molecule has 4 nitrogen and oxygen atoms in total. The van der Waals surface area contributed by atoms with Crippen LogP contribution in [0.2, 0.25) is 0 Å². The van der Waals surface area contributed by atoms with Crippen LogP contribution in [0.1, 0.15) is 143 Å². The van der Waals surface area contributed by atoms with Crippen LogP contribution in [0.4, 0.5) is 0 Å². The van der Waals surface area contributed by atoms with E-state index < -0.39 is 0 Å². The Morgan fingerprint density at radius 2 is 0.867 bits per heavy atom. The zero-order valence-electron chi connectivity index (χ0n) is 20.5. The van der Waals surface area contributed by atoms with Crippen LogP contribution in [0.15, 0.2) is 0 Å². The average Bonchev–Trinajstić information content (AvgIpc) is 2.72. The molecule has 0 N–H and O–H groups in total. The maximum absolute atomic E-state index is 12.0. The Morgan fingerprint density at radius 1 is 0.500 bits per heavy atom. The molecule has 0 aromatic heterocycles. The number of carbonyl (C=O) groups is 2. The average molecular weight is 427 g/mol. The Bertz CT molecular complexity index is 370. The van der Waals surface area contributed by atoms with Crippen molar-refractivity contribution in [3.05, 3.63) is 0 Å². The summed E-state index contributed by atoms with van der Waals surface area (Å²) in [6, 6.07) is 0. The zero-order valence-corrected chi connectivity index (χ0v) is 20.5. The van der Waals surface area contributed by atoms with Crippen molar-refractivity contribution in [2.75, 3.05) is 0 Å². The van der Waals surface area contributed by atoms with Crippen LogP contribution in [-0.4, -0.2) is 24.1 Å². The topological polar surface area (TPSA) is 52.6 Å². The van der Waals surface area contributed by atoms with E-state index in [1.807, 2.05) is 0 Å². The SMILES string of the molecule is CCCCC(CCC)OC(=O)CCCCCCCCC(=O)OC(CCC)CCCC. The van der Waals surface area contributed by atoms with E-state index in [1.165, 1.54) is 0 Å². The summed E-state index contributed by atoms with van der Waals surface area (Å²) in [5.74, 6) is -0.0611. The number of ether oxygens (including phenoxy) is 2. The van der Waals surface area contributed by atoms with E-state index in [9.17, 15) is 9.59 Å². The first kappa shape index (κ1) is 28.9. The lowest BCUT2D eigenvalue weighted by Gasteiger charge is -2.17. The van der Waals surface area contributed by atoms with Gasteiger partial charge in [0.25, 0.3) is 0 Å². The van der Waals surface area contributed by atoms with Crippen LogP contribution in [0, 0.1) is 0 Å². The van der Waals surface area contributed by atoms with Crippen LogP contribution in [0.3, 0.4) is 0 Å². The van der Waals surface area contributed by atoms with E-state index in [0.29, 0.717) is 12.8 Å². The van der Waals surface area contributed by atoms with Crippen molar-refractivity contribution in [3.8, 4) is 0 Å². The minimum Gasteiger partial charge on any atom is -0.462 e. The Labute approximate surface area is 186 Å². The van der Waals surface area contributed by atoms with Crippen molar-refractivity contribution >= 4 is 11.9 Å². The van der Waals surface area contributed by atoms with Crippen LogP contribution >= 0.6 is 0 Å². The van der Waals surface area contributed by atoms with E-state index in [1.54, 1.807) is 0 Å². The van der Waals surface area contributed by atoms with E-state index in [2.05, 4.69) is 27.7 Å². The van der Waals surface area contributed by atoms with Gasteiger partial charge in [0.1, 0.15) is 12.2 Å². The predicted octanol–water partition coefficient (Wildman–Crippen LogP) is 7.91. The quantitative estimate of drug-likeness (QED) is 0.138. The minimum absolute atomic E-state index is 0.0306. The maximum atomic E-state index is 12.0. The number of carbonyl (C=O) groups excluding carboxylic acids is 2. The molecule has 0 fully saturated rings. The van der Waals surface area contributed by atoms with Crippen molar-refractivity contribution < 1.29 is 19.1 Å². The Kier molecular flexibility index (Phi) is 20.4. The molecule has 0 aliphatic heterocycles. The van der Waals surface area contributed by atoms with Gasteiger partial charge in [0, 0.05) is 12.8 Å². The number of hydrogen-bond acceptors (Lipinski definition) is 4. The normalized spacial score (nSPS) is 13.1. The molecular weight excluding hydrogens is 376 g/mol. The number of unbranched alkanes of at least 4 members (excludes halogenated alkanes) is 7. The Hall–Kier alpha value is -1.06. The third-order valence-electron chi connectivity index (χ3n) is 5.59. The van der Waals surface area contributed by atoms with Crippen LogP contribution < -0.4 is 0 Å². The van der Waals surface area contributed by atoms with E-state index in [0.717, 1.165) is 103 Å². The maximum Gasteiger partial charge on any atom is 0.306 e. The van der Waals surface area contributed by atoms with Crippen molar-refractivity contribution in [1.29, 1.82) is 0 Å². The molecule has 0 spiro atoms. The molecular formula is C26H50O4. The summed E-state index contributed by atoms with van der Waals surface area (Å²) in [6.07, 6.45) is 18.1. The molecule has 0 radical (unpaired) electrons. The number of hydrogen-bond donors (Lipinski definition) is 0. The fourth-order valence-electron chi connectivity index (χ4n) is 3.77. The second-order valence-electron chi connectivity index (χ2n) is 8.71. The first-order chi connectivity index (χ1) is 14.6. The smallest absolute Gasteiger partial charge is 0.306 e. The lowest BCUT2D eigenvalue weighted by Crippen LogP contribution is -2.18. The first-order valence-electron chi connectivity index (χ1n) is 13.0. The summed E-state index contributed by atoms with van der Waals surface area (Å²) in [4.78, 5) is 24.1. The number of esters is 2. The van der Waals surface area contributed by atoms with Gasteiger partial charge in [-0.05, 0) is 38.5 Å². The number of rotatable bonds is 21. The lowest BCUT2D eigenvalue weighted by atomic mass is 10.1.